The molecule has 1 spiro atoms. The van der Waals surface area contributed by atoms with E-state index in [0.29, 0.717) is 36.9 Å². The summed E-state index contributed by atoms with van der Waals surface area (Å²) in [6.07, 6.45) is 8.64. The number of fused-ring (bicyclic) bond motifs is 2. The highest BCUT2D eigenvalue weighted by molar-refractivity contribution is 6.74. The third-order valence-corrected chi connectivity index (χ3v) is 13.8. The minimum atomic E-state index is -1.91. The Morgan fingerprint density at radius 1 is 1.09 bits per heavy atom. The van der Waals surface area contributed by atoms with Crippen molar-refractivity contribution in [2.24, 2.45) is 29.6 Å². The predicted octanol–water partition coefficient (Wildman–Crippen LogP) is 5.75. The number of aliphatic hydroxyl groups is 1. The SMILES string of the molecule is CCCC1[C@@H]2[C@@H](C#C[C@@H](O[Si](C)(C)C(C)(C)C)C3CCCC3)[C@H](O)CC[C@@H]2C12OCCO2. The first kappa shape index (κ1) is 24.7. The topological polar surface area (TPSA) is 47.9 Å². The number of rotatable bonds is 5. The van der Waals surface area contributed by atoms with Gasteiger partial charge in [0, 0.05) is 11.8 Å². The van der Waals surface area contributed by atoms with Crippen molar-refractivity contribution in [3.05, 3.63) is 0 Å². The van der Waals surface area contributed by atoms with Crippen LogP contribution in [0.15, 0.2) is 0 Å². The van der Waals surface area contributed by atoms with Gasteiger partial charge in [0.25, 0.3) is 0 Å². The molecule has 0 aromatic heterocycles. The highest BCUT2D eigenvalue weighted by atomic mass is 28.4. The Labute approximate surface area is 197 Å². The summed E-state index contributed by atoms with van der Waals surface area (Å²) >= 11 is 0. The maximum absolute atomic E-state index is 11.0. The molecule has 4 aliphatic rings. The van der Waals surface area contributed by atoms with E-state index < -0.39 is 14.1 Å². The number of ether oxygens (including phenoxy) is 2. The van der Waals surface area contributed by atoms with Gasteiger partial charge >= 0.3 is 0 Å². The molecule has 4 fully saturated rings. The lowest BCUT2D eigenvalue weighted by Gasteiger charge is -2.62. The summed E-state index contributed by atoms with van der Waals surface area (Å²) in [5.74, 6) is 8.51. The van der Waals surface area contributed by atoms with E-state index in [9.17, 15) is 5.11 Å². The summed E-state index contributed by atoms with van der Waals surface area (Å²) in [7, 11) is -1.91. The second kappa shape index (κ2) is 9.34. The summed E-state index contributed by atoms with van der Waals surface area (Å²) in [5, 5.41) is 11.2. The monoisotopic (exact) mass is 462 g/mol. The molecule has 0 aromatic rings. The summed E-state index contributed by atoms with van der Waals surface area (Å²) in [5.41, 5.74) is 0. The first-order chi connectivity index (χ1) is 15.1. The maximum Gasteiger partial charge on any atom is 0.193 e. The molecular weight excluding hydrogens is 416 g/mol. The fraction of sp³-hybridized carbons (Fsp3) is 0.926. The molecule has 0 radical (unpaired) electrons. The van der Waals surface area contributed by atoms with Gasteiger partial charge in [0.1, 0.15) is 6.10 Å². The van der Waals surface area contributed by atoms with Crippen LogP contribution in [0.2, 0.25) is 18.1 Å². The Hall–Kier alpha value is -0.383. The van der Waals surface area contributed by atoms with Gasteiger partial charge in [-0.15, -0.1) is 0 Å². The number of aliphatic hydroxyl groups excluding tert-OH is 1. The van der Waals surface area contributed by atoms with Crippen LogP contribution in [0.4, 0.5) is 0 Å². The van der Waals surface area contributed by atoms with E-state index in [1.807, 2.05) is 0 Å². The quantitative estimate of drug-likeness (QED) is 0.418. The molecule has 1 unspecified atom stereocenters. The van der Waals surface area contributed by atoms with E-state index in [-0.39, 0.29) is 23.2 Å². The lowest BCUT2D eigenvalue weighted by molar-refractivity contribution is -0.340. The Bertz CT molecular complexity index is 705. The van der Waals surface area contributed by atoms with E-state index in [0.717, 1.165) is 25.7 Å². The van der Waals surface area contributed by atoms with Gasteiger partial charge in [-0.25, -0.2) is 0 Å². The second-order valence-corrected chi connectivity index (χ2v) is 17.1. The third-order valence-electron chi connectivity index (χ3n) is 9.35. The summed E-state index contributed by atoms with van der Waals surface area (Å²) in [6.45, 7) is 15.2. The Morgan fingerprint density at radius 3 is 2.34 bits per heavy atom. The normalized spacial score (nSPS) is 35.8. The van der Waals surface area contributed by atoms with E-state index in [1.54, 1.807) is 0 Å². The van der Waals surface area contributed by atoms with Gasteiger partial charge < -0.3 is 19.0 Å². The molecule has 0 amide bonds. The average Bonchev–Trinajstić information content (AvgIpc) is 3.42. The molecular formula is C27H46O4Si. The third kappa shape index (κ3) is 4.36. The summed E-state index contributed by atoms with van der Waals surface area (Å²) < 4.78 is 19.4. The Balaban J connectivity index is 1.58. The molecule has 3 saturated carbocycles. The molecule has 0 bridgehead atoms. The molecule has 3 aliphatic carbocycles. The summed E-state index contributed by atoms with van der Waals surface area (Å²) in [4.78, 5) is 0. The molecule has 1 N–H and O–H groups in total. The van der Waals surface area contributed by atoms with Crippen molar-refractivity contribution in [2.75, 3.05) is 13.2 Å². The van der Waals surface area contributed by atoms with Crippen molar-refractivity contribution in [3.8, 4) is 11.8 Å². The molecule has 182 valence electrons. The first-order valence-electron chi connectivity index (χ1n) is 13.3. The van der Waals surface area contributed by atoms with Crippen LogP contribution in [-0.2, 0) is 13.9 Å². The van der Waals surface area contributed by atoms with Crippen molar-refractivity contribution in [3.63, 3.8) is 0 Å². The zero-order chi connectivity index (χ0) is 23.1. The lowest BCUT2D eigenvalue weighted by atomic mass is 9.49. The first-order valence-corrected chi connectivity index (χ1v) is 16.2. The molecule has 5 heteroatoms. The Kier molecular flexibility index (Phi) is 7.22. The van der Waals surface area contributed by atoms with Crippen molar-refractivity contribution >= 4 is 8.32 Å². The highest BCUT2D eigenvalue weighted by Gasteiger charge is 2.68. The van der Waals surface area contributed by atoms with Crippen LogP contribution < -0.4 is 0 Å². The van der Waals surface area contributed by atoms with E-state index >= 15 is 0 Å². The van der Waals surface area contributed by atoms with Crippen molar-refractivity contribution in [1.82, 2.24) is 0 Å². The molecule has 0 aromatic carbocycles. The zero-order valence-electron chi connectivity index (χ0n) is 21.3. The van der Waals surface area contributed by atoms with E-state index in [2.05, 4.69) is 52.6 Å². The molecule has 4 rings (SSSR count). The molecule has 6 atom stereocenters. The lowest BCUT2D eigenvalue weighted by Crippen LogP contribution is -2.67. The van der Waals surface area contributed by atoms with Crippen LogP contribution >= 0.6 is 0 Å². The molecule has 1 aliphatic heterocycles. The predicted molar refractivity (Wildman–Crippen MR) is 131 cm³/mol. The average molecular weight is 463 g/mol. The molecule has 32 heavy (non-hydrogen) atoms. The standard InChI is InChI=1S/C27H46O4Si/c1-7-10-21-25-20(23(28)15-14-22(25)27(21)29-17-18-30-27)13-16-24(19-11-8-9-12-19)31-32(5,6)26(2,3)4/h19-25,28H,7-12,14-15,17-18H2,1-6H3/t20-,21?,22-,23+,24+,25-/m0/s1. The van der Waals surface area contributed by atoms with Gasteiger partial charge in [-0.05, 0) is 62.1 Å². The van der Waals surface area contributed by atoms with Crippen molar-refractivity contribution < 1.29 is 19.0 Å². The van der Waals surface area contributed by atoms with E-state index in [4.69, 9.17) is 13.9 Å². The van der Waals surface area contributed by atoms with Gasteiger partial charge in [0.2, 0.25) is 0 Å². The van der Waals surface area contributed by atoms with Crippen LogP contribution in [0.3, 0.4) is 0 Å². The zero-order valence-corrected chi connectivity index (χ0v) is 22.3. The van der Waals surface area contributed by atoms with Crippen LogP contribution in [0.25, 0.3) is 0 Å². The van der Waals surface area contributed by atoms with Gasteiger partial charge in [-0.3, -0.25) is 0 Å². The molecule has 4 nitrogen and oxygen atoms in total. The highest BCUT2D eigenvalue weighted by Crippen LogP contribution is 2.62. The van der Waals surface area contributed by atoms with Gasteiger partial charge in [0.15, 0.2) is 14.1 Å². The number of hydrogen-bond acceptors (Lipinski definition) is 4. The van der Waals surface area contributed by atoms with Crippen LogP contribution in [0, 0.1) is 41.4 Å². The van der Waals surface area contributed by atoms with E-state index in [1.165, 1.54) is 25.7 Å². The second-order valence-electron chi connectivity index (χ2n) is 12.3. The number of hydrogen-bond donors (Lipinski definition) is 1. The maximum atomic E-state index is 11.0. The molecule has 1 heterocycles. The Morgan fingerprint density at radius 2 is 1.75 bits per heavy atom. The largest absolute Gasteiger partial charge is 0.403 e. The van der Waals surface area contributed by atoms with Crippen LogP contribution in [-0.4, -0.2) is 44.6 Å². The van der Waals surface area contributed by atoms with Crippen LogP contribution in [0.5, 0.6) is 0 Å². The van der Waals surface area contributed by atoms with Gasteiger partial charge in [0.05, 0.1) is 25.2 Å². The van der Waals surface area contributed by atoms with Gasteiger partial charge in [-0.2, -0.15) is 0 Å². The fourth-order valence-corrected chi connectivity index (χ4v) is 7.84. The van der Waals surface area contributed by atoms with Crippen molar-refractivity contribution in [1.29, 1.82) is 0 Å². The minimum Gasteiger partial charge on any atom is -0.403 e. The summed E-state index contributed by atoms with van der Waals surface area (Å²) in [6, 6.07) is 0. The van der Waals surface area contributed by atoms with Crippen molar-refractivity contribution in [2.45, 2.75) is 115 Å². The fourth-order valence-electron chi connectivity index (χ4n) is 6.60. The molecule has 1 saturated heterocycles. The van der Waals surface area contributed by atoms with Gasteiger partial charge in [-0.1, -0.05) is 58.8 Å². The smallest absolute Gasteiger partial charge is 0.193 e. The minimum absolute atomic E-state index is 0.00334. The van der Waals surface area contributed by atoms with Crippen LogP contribution in [0.1, 0.15) is 79.1 Å².